The van der Waals surface area contributed by atoms with Crippen molar-refractivity contribution in [2.75, 3.05) is 12.8 Å². The quantitative estimate of drug-likeness (QED) is 0.780. The first-order chi connectivity index (χ1) is 11.0. The lowest BCUT2D eigenvalue weighted by atomic mass is 10.2. The standard InChI is InChI=1S/C15H13Cl2N3O2S/c1-19(8-9-2-3-10(16)6-12(9)17)13(21)11-7-18-15-20(14(11)22)4-5-23-15/h2-3,6-7H,4-5,8H2,1H3. The highest BCUT2D eigenvalue weighted by Gasteiger charge is 2.22. The van der Waals surface area contributed by atoms with Crippen molar-refractivity contribution in [2.45, 2.75) is 18.2 Å². The first-order valence-corrected chi connectivity index (χ1v) is 8.63. The molecule has 3 rings (SSSR count). The molecular weight excluding hydrogens is 357 g/mol. The molecule has 0 aliphatic carbocycles. The Morgan fingerprint density at radius 3 is 2.96 bits per heavy atom. The summed E-state index contributed by atoms with van der Waals surface area (Å²) in [6.45, 7) is 0.866. The molecular formula is C15H13Cl2N3O2S. The maximum Gasteiger partial charge on any atom is 0.267 e. The van der Waals surface area contributed by atoms with Gasteiger partial charge in [-0.25, -0.2) is 4.98 Å². The van der Waals surface area contributed by atoms with E-state index in [-0.39, 0.29) is 23.6 Å². The fourth-order valence-electron chi connectivity index (χ4n) is 2.35. The van der Waals surface area contributed by atoms with Crippen LogP contribution >= 0.6 is 35.0 Å². The molecule has 0 fully saturated rings. The summed E-state index contributed by atoms with van der Waals surface area (Å²) in [5, 5.41) is 1.68. The normalized spacial score (nSPS) is 13.0. The van der Waals surface area contributed by atoms with Gasteiger partial charge in [0.15, 0.2) is 5.16 Å². The van der Waals surface area contributed by atoms with Gasteiger partial charge in [0.25, 0.3) is 11.5 Å². The van der Waals surface area contributed by atoms with Gasteiger partial charge < -0.3 is 4.90 Å². The number of halogens is 2. The molecule has 0 saturated heterocycles. The van der Waals surface area contributed by atoms with Crippen LogP contribution in [-0.2, 0) is 13.1 Å². The highest BCUT2D eigenvalue weighted by Crippen LogP contribution is 2.23. The first-order valence-electron chi connectivity index (χ1n) is 6.89. The number of hydrogen-bond donors (Lipinski definition) is 0. The molecule has 120 valence electrons. The molecule has 1 aromatic carbocycles. The number of thioether (sulfide) groups is 1. The van der Waals surface area contributed by atoms with E-state index in [1.165, 1.54) is 22.9 Å². The number of nitrogens with zero attached hydrogens (tertiary/aromatic N) is 3. The molecule has 2 aromatic rings. The summed E-state index contributed by atoms with van der Waals surface area (Å²) < 4.78 is 1.54. The fourth-order valence-corrected chi connectivity index (χ4v) is 3.73. The number of fused-ring (bicyclic) bond motifs is 1. The van der Waals surface area contributed by atoms with Gasteiger partial charge in [-0.15, -0.1) is 0 Å². The third-order valence-corrected chi connectivity index (χ3v) is 5.11. The second kappa shape index (κ2) is 6.55. The molecule has 2 heterocycles. The molecule has 1 aliphatic rings. The molecule has 1 aromatic heterocycles. The fraction of sp³-hybridized carbons (Fsp3) is 0.267. The van der Waals surface area contributed by atoms with E-state index in [1.54, 1.807) is 29.8 Å². The lowest BCUT2D eigenvalue weighted by Gasteiger charge is -2.18. The summed E-state index contributed by atoms with van der Waals surface area (Å²) in [4.78, 5) is 30.6. The Kier molecular flexibility index (Phi) is 4.66. The zero-order valence-corrected chi connectivity index (χ0v) is 14.6. The number of carbonyl (C=O) groups excluding carboxylic acids is 1. The highest BCUT2D eigenvalue weighted by molar-refractivity contribution is 7.99. The first kappa shape index (κ1) is 16.4. The lowest BCUT2D eigenvalue weighted by molar-refractivity contribution is 0.0782. The van der Waals surface area contributed by atoms with Crippen LogP contribution < -0.4 is 5.56 Å². The predicted octanol–water partition coefficient (Wildman–Crippen LogP) is 2.93. The number of benzene rings is 1. The van der Waals surface area contributed by atoms with Crippen molar-refractivity contribution in [3.63, 3.8) is 0 Å². The molecule has 0 bridgehead atoms. The van der Waals surface area contributed by atoms with Crippen molar-refractivity contribution in [2.24, 2.45) is 0 Å². The number of aromatic nitrogens is 2. The zero-order valence-electron chi connectivity index (χ0n) is 12.3. The molecule has 23 heavy (non-hydrogen) atoms. The second-order valence-electron chi connectivity index (χ2n) is 5.16. The second-order valence-corrected chi connectivity index (χ2v) is 7.06. The van der Waals surface area contributed by atoms with Crippen molar-refractivity contribution >= 4 is 40.9 Å². The summed E-state index contributed by atoms with van der Waals surface area (Å²) in [5.74, 6) is 0.427. The van der Waals surface area contributed by atoms with Crippen LogP contribution in [0, 0.1) is 0 Å². The molecule has 0 unspecified atom stereocenters. The molecule has 1 amide bonds. The smallest absolute Gasteiger partial charge is 0.267 e. The van der Waals surface area contributed by atoms with E-state index in [1.807, 2.05) is 0 Å². The summed E-state index contributed by atoms with van der Waals surface area (Å²) in [5.41, 5.74) is 0.541. The Bertz CT molecular complexity index is 838. The summed E-state index contributed by atoms with van der Waals surface area (Å²) in [7, 11) is 1.62. The summed E-state index contributed by atoms with van der Waals surface area (Å²) >= 11 is 13.5. The Morgan fingerprint density at radius 1 is 1.43 bits per heavy atom. The van der Waals surface area contributed by atoms with Crippen LogP contribution in [-0.4, -0.2) is 33.2 Å². The molecule has 5 nitrogen and oxygen atoms in total. The van der Waals surface area contributed by atoms with Gasteiger partial charge in [0, 0.05) is 42.1 Å². The van der Waals surface area contributed by atoms with Crippen LogP contribution in [0.1, 0.15) is 15.9 Å². The topological polar surface area (TPSA) is 55.2 Å². The Balaban J connectivity index is 1.84. The van der Waals surface area contributed by atoms with Gasteiger partial charge in [0.2, 0.25) is 0 Å². The molecule has 8 heteroatoms. The van der Waals surface area contributed by atoms with Crippen LogP contribution in [0.2, 0.25) is 10.0 Å². The molecule has 0 spiro atoms. The van der Waals surface area contributed by atoms with Crippen molar-refractivity contribution in [1.82, 2.24) is 14.5 Å². The van der Waals surface area contributed by atoms with Crippen LogP contribution in [0.4, 0.5) is 0 Å². The molecule has 0 saturated carbocycles. The average molecular weight is 370 g/mol. The van der Waals surface area contributed by atoms with Crippen molar-refractivity contribution < 1.29 is 4.79 Å². The number of rotatable bonds is 3. The van der Waals surface area contributed by atoms with Crippen LogP contribution in [0.25, 0.3) is 0 Å². The van der Waals surface area contributed by atoms with Gasteiger partial charge in [-0.2, -0.15) is 0 Å². The molecule has 0 N–H and O–H groups in total. The summed E-state index contributed by atoms with van der Waals surface area (Å²) in [6.07, 6.45) is 1.36. The van der Waals surface area contributed by atoms with E-state index in [0.29, 0.717) is 21.7 Å². The van der Waals surface area contributed by atoms with E-state index < -0.39 is 0 Å². The Morgan fingerprint density at radius 2 is 2.22 bits per heavy atom. The van der Waals surface area contributed by atoms with E-state index in [0.717, 1.165) is 11.3 Å². The van der Waals surface area contributed by atoms with Crippen LogP contribution in [0.3, 0.4) is 0 Å². The minimum absolute atomic E-state index is 0.0730. The van der Waals surface area contributed by atoms with Crippen LogP contribution in [0.15, 0.2) is 34.3 Å². The SMILES string of the molecule is CN(Cc1ccc(Cl)cc1Cl)C(=O)c1cnc2n(c1=O)CCS2. The maximum atomic E-state index is 12.5. The van der Waals surface area contributed by atoms with E-state index in [4.69, 9.17) is 23.2 Å². The highest BCUT2D eigenvalue weighted by atomic mass is 35.5. The van der Waals surface area contributed by atoms with Gasteiger partial charge in [-0.05, 0) is 17.7 Å². The van der Waals surface area contributed by atoms with Gasteiger partial charge >= 0.3 is 0 Å². The molecule has 0 radical (unpaired) electrons. The van der Waals surface area contributed by atoms with E-state index in [9.17, 15) is 9.59 Å². The predicted molar refractivity (Wildman–Crippen MR) is 91.5 cm³/mol. The van der Waals surface area contributed by atoms with Gasteiger partial charge in [-0.3, -0.25) is 14.2 Å². The van der Waals surface area contributed by atoms with E-state index >= 15 is 0 Å². The minimum Gasteiger partial charge on any atom is -0.337 e. The monoisotopic (exact) mass is 369 g/mol. The molecule has 0 atom stereocenters. The van der Waals surface area contributed by atoms with Gasteiger partial charge in [-0.1, -0.05) is 41.0 Å². The summed E-state index contributed by atoms with van der Waals surface area (Å²) in [6, 6.07) is 5.10. The molecule has 1 aliphatic heterocycles. The third kappa shape index (κ3) is 3.24. The number of amides is 1. The van der Waals surface area contributed by atoms with Crippen molar-refractivity contribution in [3.05, 3.63) is 55.9 Å². The average Bonchev–Trinajstić information content (AvgIpc) is 2.99. The van der Waals surface area contributed by atoms with Gasteiger partial charge in [0.05, 0.1) is 0 Å². The number of carbonyl (C=O) groups is 1. The largest absolute Gasteiger partial charge is 0.337 e. The van der Waals surface area contributed by atoms with E-state index in [2.05, 4.69) is 4.98 Å². The number of hydrogen-bond acceptors (Lipinski definition) is 4. The van der Waals surface area contributed by atoms with Crippen LogP contribution in [0.5, 0.6) is 0 Å². The Hall–Kier alpha value is -1.50. The maximum absolute atomic E-state index is 12.5. The Labute approximate surface area is 147 Å². The third-order valence-electron chi connectivity index (χ3n) is 3.56. The zero-order chi connectivity index (χ0) is 16.6. The van der Waals surface area contributed by atoms with Crippen molar-refractivity contribution in [3.8, 4) is 0 Å². The lowest BCUT2D eigenvalue weighted by Crippen LogP contribution is -2.34. The van der Waals surface area contributed by atoms with Gasteiger partial charge in [0.1, 0.15) is 5.56 Å². The van der Waals surface area contributed by atoms with Crippen molar-refractivity contribution in [1.29, 1.82) is 0 Å². The minimum atomic E-state index is -0.374.